The number of hydrogen-bond acceptors (Lipinski definition) is 3. The van der Waals surface area contributed by atoms with E-state index >= 15 is 0 Å². The summed E-state index contributed by atoms with van der Waals surface area (Å²) in [7, 11) is 0. The van der Waals surface area contributed by atoms with Gasteiger partial charge in [-0.3, -0.25) is 15.0 Å². The number of rotatable bonds is 2. The van der Waals surface area contributed by atoms with E-state index in [2.05, 4.69) is 21.4 Å². The van der Waals surface area contributed by atoms with E-state index in [0.29, 0.717) is 11.3 Å². The third-order valence-corrected chi connectivity index (χ3v) is 4.42. The quantitative estimate of drug-likeness (QED) is 0.614. The highest BCUT2D eigenvalue weighted by Gasteiger charge is 2.34. The number of hydrogen-bond donors (Lipinski definition) is 2. The van der Waals surface area contributed by atoms with E-state index in [-0.39, 0.29) is 11.3 Å². The first-order chi connectivity index (χ1) is 11.4. The Hall–Kier alpha value is -2.60. The highest BCUT2D eigenvalue weighted by molar-refractivity contribution is 9.10. The van der Waals surface area contributed by atoms with Crippen molar-refractivity contribution >= 4 is 39.5 Å². The number of aryl methyl sites for hydroxylation is 2. The van der Waals surface area contributed by atoms with Gasteiger partial charge < -0.3 is 5.11 Å². The summed E-state index contributed by atoms with van der Waals surface area (Å²) in [6.45, 7) is 3.92. The minimum atomic E-state index is -0.502. The van der Waals surface area contributed by atoms with Crippen molar-refractivity contribution in [3.63, 3.8) is 0 Å². The molecule has 6 heteroatoms. The summed E-state index contributed by atoms with van der Waals surface area (Å²) >= 11 is 3.30. The fraction of sp³-hybridized carbons (Fsp3) is 0.111. The second kappa shape index (κ2) is 6.13. The summed E-state index contributed by atoms with van der Waals surface area (Å²) in [6, 6.07) is 10.3. The highest BCUT2D eigenvalue weighted by atomic mass is 79.9. The number of phenolic OH excluding ortho intramolecular Hbond substituents is 1. The van der Waals surface area contributed by atoms with Crippen LogP contribution < -0.4 is 10.4 Å². The number of amides is 2. The van der Waals surface area contributed by atoms with E-state index in [1.807, 2.05) is 26.0 Å². The molecule has 1 heterocycles. The lowest BCUT2D eigenvalue weighted by Gasteiger charge is -2.16. The number of carbonyl (C=O) groups excluding carboxylic acids is 2. The van der Waals surface area contributed by atoms with Gasteiger partial charge in [0.25, 0.3) is 11.8 Å². The van der Waals surface area contributed by atoms with Gasteiger partial charge in [-0.2, -0.15) is 0 Å². The molecule has 0 aliphatic carbocycles. The number of anilines is 1. The molecule has 0 unspecified atom stereocenters. The third-order valence-electron chi connectivity index (χ3n) is 3.93. The molecule has 1 aliphatic rings. The smallest absolute Gasteiger partial charge is 0.282 e. The Morgan fingerprint density at radius 1 is 1.08 bits per heavy atom. The summed E-state index contributed by atoms with van der Waals surface area (Å²) in [5.41, 5.74) is 5.64. The lowest BCUT2D eigenvalue weighted by molar-refractivity contribution is -0.117. The molecule has 1 saturated heterocycles. The summed E-state index contributed by atoms with van der Waals surface area (Å²) in [5, 5.41) is 11.1. The Morgan fingerprint density at radius 3 is 2.54 bits per heavy atom. The van der Waals surface area contributed by atoms with E-state index in [9.17, 15) is 14.7 Å². The average Bonchev–Trinajstić information content (AvgIpc) is 2.81. The van der Waals surface area contributed by atoms with E-state index in [0.717, 1.165) is 15.6 Å². The van der Waals surface area contributed by atoms with Crippen molar-refractivity contribution in [2.24, 2.45) is 0 Å². The first kappa shape index (κ1) is 16.3. The van der Waals surface area contributed by atoms with Crippen LogP contribution in [0.1, 0.15) is 16.7 Å². The van der Waals surface area contributed by atoms with Crippen molar-refractivity contribution in [2.45, 2.75) is 13.8 Å². The normalized spacial score (nSPS) is 16.0. The Kier molecular flexibility index (Phi) is 4.15. The monoisotopic (exact) mass is 386 g/mol. The SMILES string of the molecule is Cc1ccc(N2NC(=O)/C(=C/c3cc(Br)ccc3O)C2=O)cc1C. The van der Waals surface area contributed by atoms with Crippen molar-refractivity contribution in [3.8, 4) is 5.75 Å². The minimum Gasteiger partial charge on any atom is -0.507 e. The van der Waals surface area contributed by atoms with E-state index in [1.54, 1.807) is 18.2 Å². The Labute approximate surface area is 147 Å². The van der Waals surface area contributed by atoms with Crippen LogP contribution in [0.15, 0.2) is 46.4 Å². The van der Waals surface area contributed by atoms with Gasteiger partial charge in [0.1, 0.15) is 11.3 Å². The Morgan fingerprint density at radius 2 is 1.83 bits per heavy atom. The zero-order valence-electron chi connectivity index (χ0n) is 13.1. The van der Waals surface area contributed by atoms with E-state index in [4.69, 9.17) is 0 Å². The van der Waals surface area contributed by atoms with Gasteiger partial charge in [-0.1, -0.05) is 22.0 Å². The third kappa shape index (κ3) is 2.92. The van der Waals surface area contributed by atoms with Crippen LogP contribution in [-0.4, -0.2) is 16.9 Å². The number of nitrogens with zero attached hydrogens (tertiary/aromatic N) is 1. The van der Waals surface area contributed by atoms with Crippen LogP contribution in [0, 0.1) is 13.8 Å². The molecule has 24 heavy (non-hydrogen) atoms. The fourth-order valence-electron chi connectivity index (χ4n) is 2.40. The summed E-state index contributed by atoms with van der Waals surface area (Å²) < 4.78 is 0.740. The maximum Gasteiger partial charge on any atom is 0.282 e. The molecule has 2 aromatic carbocycles. The molecule has 0 spiro atoms. The van der Waals surface area contributed by atoms with Gasteiger partial charge in [-0.25, -0.2) is 5.01 Å². The molecule has 5 nitrogen and oxygen atoms in total. The van der Waals surface area contributed by atoms with Crippen molar-refractivity contribution in [2.75, 3.05) is 5.01 Å². The summed E-state index contributed by atoms with van der Waals surface area (Å²) in [6.07, 6.45) is 1.39. The van der Waals surface area contributed by atoms with Gasteiger partial charge in [-0.05, 0) is 61.4 Å². The molecule has 2 aromatic rings. The number of benzene rings is 2. The maximum atomic E-state index is 12.6. The number of hydrazine groups is 1. The average molecular weight is 387 g/mol. The first-order valence-corrected chi connectivity index (χ1v) is 8.09. The number of aromatic hydroxyl groups is 1. The molecular formula is C18H15BrN2O3. The summed E-state index contributed by atoms with van der Waals surface area (Å²) in [4.78, 5) is 24.8. The van der Waals surface area contributed by atoms with Crippen LogP contribution in [0.5, 0.6) is 5.75 Å². The largest absolute Gasteiger partial charge is 0.507 e. The van der Waals surface area contributed by atoms with Crippen LogP contribution >= 0.6 is 15.9 Å². The van der Waals surface area contributed by atoms with Gasteiger partial charge in [0.2, 0.25) is 0 Å². The van der Waals surface area contributed by atoms with Crippen LogP contribution in [-0.2, 0) is 9.59 Å². The van der Waals surface area contributed by atoms with Gasteiger partial charge in [0, 0.05) is 10.0 Å². The molecule has 0 radical (unpaired) electrons. The lowest BCUT2D eigenvalue weighted by Crippen LogP contribution is -2.35. The van der Waals surface area contributed by atoms with Gasteiger partial charge >= 0.3 is 0 Å². The van der Waals surface area contributed by atoms with Crippen LogP contribution in [0.2, 0.25) is 0 Å². The standard InChI is InChI=1S/C18H15BrN2O3/c1-10-3-5-14(7-11(10)2)21-18(24)15(17(23)20-21)9-12-8-13(19)4-6-16(12)22/h3-9,22H,1-2H3,(H,20,23)/b15-9-. The lowest BCUT2D eigenvalue weighted by atomic mass is 10.1. The van der Waals surface area contributed by atoms with Crippen LogP contribution in [0.3, 0.4) is 0 Å². The summed E-state index contributed by atoms with van der Waals surface area (Å²) in [5.74, 6) is -0.962. The molecule has 1 fully saturated rings. The predicted octanol–water partition coefficient (Wildman–Crippen LogP) is 3.23. The Balaban J connectivity index is 1.98. The molecule has 2 N–H and O–H groups in total. The first-order valence-electron chi connectivity index (χ1n) is 7.30. The fourth-order valence-corrected chi connectivity index (χ4v) is 2.78. The van der Waals surface area contributed by atoms with Gasteiger partial charge in [0.15, 0.2) is 0 Å². The topological polar surface area (TPSA) is 69.6 Å². The van der Waals surface area contributed by atoms with Crippen LogP contribution in [0.4, 0.5) is 5.69 Å². The predicted molar refractivity (Wildman–Crippen MR) is 95.3 cm³/mol. The number of nitrogens with one attached hydrogen (secondary N) is 1. The molecule has 122 valence electrons. The van der Waals surface area contributed by atoms with Crippen molar-refractivity contribution < 1.29 is 14.7 Å². The van der Waals surface area contributed by atoms with E-state index in [1.165, 1.54) is 17.2 Å². The second-order valence-corrected chi connectivity index (χ2v) is 6.53. The van der Waals surface area contributed by atoms with E-state index < -0.39 is 11.8 Å². The van der Waals surface area contributed by atoms with Gasteiger partial charge in [-0.15, -0.1) is 0 Å². The minimum absolute atomic E-state index is 0.00377. The number of carbonyl (C=O) groups is 2. The van der Waals surface area contributed by atoms with Crippen molar-refractivity contribution in [3.05, 3.63) is 63.1 Å². The molecule has 0 atom stereocenters. The number of halogens is 1. The zero-order chi connectivity index (χ0) is 17.4. The highest BCUT2D eigenvalue weighted by Crippen LogP contribution is 2.27. The maximum absolute atomic E-state index is 12.6. The second-order valence-electron chi connectivity index (χ2n) is 5.61. The van der Waals surface area contributed by atoms with Crippen LogP contribution in [0.25, 0.3) is 6.08 Å². The van der Waals surface area contributed by atoms with Crippen molar-refractivity contribution in [1.82, 2.24) is 5.43 Å². The number of phenols is 1. The Bertz CT molecular complexity index is 890. The molecule has 0 saturated carbocycles. The molecule has 2 amide bonds. The molecular weight excluding hydrogens is 372 g/mol. The molecule has 0 aromatic heterocycles. The molecule has 0 bridgehead atoms. The molecule has 1 aliphatic heterocycles. The van der Waals surface area contributed by atoms with Crippen molar-refractivity contribution in [1.29, 1.82) is 0 Å². The van der Waals surface area contributed by atoms with Gasteiger partial charge in [0.05, 0.1) is 5.69 Å². The zero-order valence-corrected chi connectivity index (χ0v) is 14.7. The molecule has 3 rings (SSSR count).